The van der Waals surface area contributed by atoms with Gasteiger partial charge < -0.3 is 19.5 Å². The number of benzene rings is 3. The van der Waals surface area contributed by atoms with Crippen LogP contribution in [0.2, 0.25) is 0 Å². The molecule has 0 aliphatic heterocycles. The molecule has 0 spiro atoms. The van der Waals surface area contributed by atoms with E-state index in [-0.39, 0.29) is 10.6 Å². The lowest BCUT2D eigenvalue weighted by atomic mass is 10.2. The van der Waals surface area contributed by atoms with Gasteiger partial charge in [0.2, 0.25) is 5.91 Å². The third-order valence-corrected chi connectivity index (χ3v) is 6.86. The van der Waals surface area contributed by atoms with Crippen molar-refractivity contribution in [1.29, 1.82) is 0 Å². The molecule has 9 heteroatoms. The molecular formula is C26H30N2O6S. The number of hydrogen-bond acceptors (Lipinski definition) is 6. The van der Waals surface area contributed by atoms with Gasteiger partial charge in [-0.2, -0.15) is 0 Å². The number of nitrogens with one attached hydrogen (secondary N) is 1. The lowest BCUT2D eigenvalue weighted by molar-refractivity contribution is -0.114. The number of para-hydroxylation sites is 2. The van der Waals surface area contributed by atoms with E-state index in [0.29, 0.717) is 36.1 Å². The third kappa shape index (κ3) is 6.24. The Kier molecular flexibility index (Phi) is 8.59. The monoisotopic (exact) mass is 498 g/mol. The molecule has 0 atom stereocenters. The second-order valence-electron chi connectivity index (χ2n) is 7.57. The fourth-order valence-electron chi connectivity index (χ4n) is 3.44. The highest BCUT2D eigenvalue weighted by molar-refractivity contribution is 7.92. The first-order chi connectivity index (χ1) is 16.8. The van der Waals surface area contributed by atoms with E-state index in [0.717, 1.165) is 9.87 Å². The molecule has 1 amide bonds. The van der Waals surface area contributed by atoms with Crippen LogP contribution in [0, 0.1) is 6.92 Å². The largest absolute Gasteiger partial charge is 0.495 e. The van der Waals surface area contributed by atoms with Crippen LogP contribution in [-0.2, 0) is 14.8 Å². The number of amides is 1. The molecule has 3 aromatic rings. The molecule has 0 radical (unpaired) electrons. The number of nitrogens with zero attached hydrogens (tertiary/aromatic N) is 1. The number of ether oxygens (including phenoxy) is 3. The van der Waals surface area contributed by atoms with Crippen LogP contribution in [0.5, 0.6) is 17.2 Å². The van der Waals surface area contributed by atoms with Gasteiger partial charge in [-0.15, -0.1) is 0 Å². The van der Waals surface area contributed by atoms with Gasteiger partial charge in [0.1, 0.15) is 23.8 Å². The van der Waals surface area contributed by atoms with E-state index >= 15 is 0 Å². The number of rotatable bonds is 11. The first kappa shape index (κ1) is 25.9. The molecule has 186 valence electrons. The number of carbonyl (C=O) groups is 1. The van der Waals surface area contributed by atoms with E-state index < -0.39 is 22.5 Å². The molecule has 8 nitrogen and oxygen atoms in total. The maximum atomic E-state index is 13.7. The Bertz CT molecular complexity index is 1260. The van der Waals surface area contributed by atoms with Crippen molar-refractivity contribution in [2.45, 2.75) is 25.7 Å². The maximum Gasteiger partial charge on any atom is 0.264 e. The summed E-state index contributed by atoms with van der Waals surface area (Å²) < 4.78 is 44.9. The van der Waals surface area contributed by atoms with E-state index in [1.165, 1.54) is 19.2 Å². The maximum absolute atomic E-state index is 13.7. The summed E-state index contributed by atoms with van der Waals surface area (Å²) in [4.78, 5) is 13.3. The third-order valence-electron chi connectivity index (χ3n) is 5.09. The highest BCUT2D eigenvalue weighted by Crippen LogP contribution is 2.33. The second-order valence-corrected chi connectivity index (χ2v) is 9.43. The first-order valence-corrected chi connectivity index (χ1v) is 12.7. The van der Waals surface area contributed by atoms with Crippen LogP contribution >= 0.6 is 0 Å². The van der Waals surface area contributed by atoms with Gasteiger partial charge in [-0.3, -0.25) is 9.10 Å². The van der Waals surface area contributed by atoms with Crippen LogP contribution in [0.15, 0.2) is 71.6 Å². The van der Waals surface area contributed by atoms with Crippen LogP contribution in [0.3, 0.4) is 0 Å². The molecule has 0 saturated heterocycles. The smallest absolute Gasteiger partial charge is 0.264 e. The van der Waals surface area contributed by atoms with E-state index in [1.807, 2.05) is 20.8 Å². The molecule has 0 aliphatic rings. The van der Waals surface area contributed by atoms with Gasteiger partial charge in [-0.25, -0.2) is 8.42 Å². The quantitative estimate of drug-likeness (QED) is 0.414. The van der Waals surface area contributed by atoms with Crippen LogP contribution in [-0.4, -0.2) is 41.2 Å². The standard InChI is InChI=1S/C26H30N2O6S/c1-5-33-20-13-16-24(34-6-2)22(17-20)27-26(29)18-28(23-9-7-8-10-25(23)32-4)35(30,31)21-14-11-19(3)12-15-21/h7-17H,5-6,18H2,1-4H3,(H,27,29). The summed E-state index contributed by atoms with van der Waals surface area (Å²) in [5, 5.41) is 2.77. The SMILES string of the molecule is CCOc1ccc(OCC)c(NC(=O)CN(c2ccccc2OC)S(=O)(=O)c2ccc(C)cc2)c1. The van der Waals surface area contributed by atoms with Crippen molar-refractivity contribution in [3.63, 3.8) is 0 Å². The summed E-state index contributed by atoms with van der Waals surface area (Å²) >= 11 is 0. The summed E-state index contributed by atoms with van der Waals surface area (Å²) in [7, 11) is -2.64. The number of carbonyl (C=O) groups excluding carboxylic acids is 1. The van der Waals surface area contributed by atoms with Crippen LogP contribution in [0.25, 0.3) is 0 Å². The van der Waals surface area contributed by atoms with Crippen molar-refractivity contribution in [3.8, 4) is 17.2 Å². The minimum Gasteiger partial charge on any atom is -0.495 e. The van der Waals surface area contributed by atoms with Gasteiger partial charge in [-0.05, 0) is 57.2 Å². The number of methoxy groups -OCH3 is 1. The minimum absolute atomic E-state index is 0.0650. The fourth-order valence-corrected chi connectivity index (χ4v) is 4.87. The van der Waals surface area contributed by atoms with Gasteiger partial charge >= 0.3 is 0 Å². The Morgan fingerprint density at radius 3 is 2.26 bits per heavy atom. The number of sulfonamides is 1. The predicted molar refractivity (Wildman–Crippen MR) is 136 cm³/mol. The number of hydrogen-bond donors (Lipinski definition) is 1. The Morgan fingerprint density at radius 1 is 0.914 bits per heavy atom. The average Bonchev–Trinajstić information content (AvgIpc) is 2.84. The lowest BCUT2D eigenvalue weighted by Crippen LogP contribution is -2.38. The van der Waals surface area contributed by atoms with Crippen molar-refractivity contribution in [2.75, 3.05) is 36.5 Å². The molecule has 0 saturated carbocycles. The van der Waals surface area contributed by atoms with Gasteiger partial charge in [0.15, 0.2) is 0 Å². The topological polar surface area (TPSA) is 94.2 Å². The van der Waals surface area contributed by atoms with E-state index in [4.69, 9.17) is 14.2 Å². The molecule has 1 N–H and O–H groups in total. The molecule has 0 heterocycles. The molecule has 3 aromatic carbocycles. The van der Waals surface area contributed by atoms with Crippen molar-refractivity contribution in [2.24, 2.45) is 0 Å². The normalized spacial score (nSPS) is 11.0. The zero-order chi connectivity index (χ0) is 25.4. The van der Waals surface area contributed by atoms with E-state index in [2.05, 4.69) is 5.32 Å². The molecule has 0 bridgehead atoms. The average molecular weight is 499 g/mol. The second kappa shape index (κ2) is 11.6. The summed E-state index contributed by atoms with van der Waals surface area (Å²) in [5.41, 5.74) is 1.55. The van der Waals surface area contributed by atoms with Gasteiger partial charge in [-0.1, -0.05) is 29.8 Å². The molecule has 3 rings (SSSR count). The van der Waals surface area contributed by atoms with Crippen molar-refractivity contribution in [3.05, 3.63) is 72.3 Å². The predicted octanol–water partition coefficient (Wildman–Crippen LogP) is 4.64. The van der Waals surface area contributed by atoms with Crippen molar-refractivity contribution >= 4 is 27.3 Å². The summed E-state index contributed by atoms with van der Waals surface area (Å²) in [6.07, 6.45) is 0. The summed E-state index contributed by atoms with van der Waals surface area (Å²) in [5.74, 6) is 0.778. The molecular weight excluding hydrogens is 468 g/mol. The summed E-state index contributed by atoms with van der Waals surface area (Å²) in [6.45, 7) is 5.92. The van der Waals surface area contributed by atoms with Gasteiger partial charge in [0.25, 0.3) is 10.0 Å². The number of aryl methyl sites for hydroxylation is 1. The van der Waals surface area contributed by atoms with Crippen molar-refractivity contribution < 1.29 is 27.4 Å². The molecule has 0 unspecified atom stereocenters. The van der Waals surface area contributed by atoms with E-state index in [9.17, 15) is 13.2 Å². The minimum atomic E-state index is -4.09. The molecule has 35 heavy (non-hydrogen) atoms. The fraction of sp³-hybridized carbons (Fsp3) is 0.269. The Balaban J connectivity index is 1.99. The molecule has 0 aliphatic carbocycles. The van der Waals surface area contributed by atoms with Crippen LogP contribution < -0.4 is 23.8 Å². The highest BCUT2D eigenvalue weighted by atomic mass is 32.2. The van der Waals surface area contributed by atoms with Crippen molar-refractivity contribution in [1.82, 2.24) is 0 Å². The lowest BCUT2D eigenvalue weighted by Gasteiger charge is -2.26. The van der Waals surface area contributed by atoms with Gasteiger partial charge in [0.05, 0.1) is 36.6 Å². The summed E-state index contributed by atoms with van der Waals surface area (Å²) in [6, 6.07) is 18.2. The van der Waals surface area contributed by atoms with Gasteiger partial charge in [0, 0.05) is 6.07 Å². The zero-order valence-corrected chi connectivity index (χ0v) is 21.1. The zero-order valence-electron chi connectivity index (χ0n) is 20.3. The molecule has 0 fully saturated rings. The Morgan fingerprint density at radius 2 is 1.60 bits per heavy atom. The first-order valence-electron chi connectivity index (χ1n) is 11.2. The Labute approximate surface area is 206 Å². The highest BCUT2D eigenvalue weighted by Gasteiger charge is 2.29. The van der Waals surface area contributed by atoms with Crippen LogP contribution in [0.4, 0.5) is 11.4 Å². The Hall–Kier alpha value is -3.72. The number of anilines is 2. The van der Waals surface area contributed by atoms with Crippen LogP contribution in [0.1, 0.15) is 19.4 Å². The molecule has 0 aromatic heterocycles. The van der Waals surface area contributed by atoms with E-state index in [1.54, 1.807) is 54.6 Å².